The molecular formula is C20H17IN2O5S. The van der Waals surface area contributed by atoms with Crippen LogP contribution in [0.15, 0.2) is 64.7 Å². The zero-order chi connectivity index (χ0) is 20.3. The summed E-state index contributed by atoms with van der Waals surface area (Å²) in [5.74, 6) is -2.68. The number of halogens is 1. The van der Waals surface area contributed by atoms with Gasteiger partial charge in [0.1, 0.15) is 5.03 Å². The fourth-order valence-corrected chi connectivity index (χ4v) is 4.50. The summed E-state index contributed by atoms with van der Waals surface area (Å²) in [5, 5.41) is 4.00. The van der Waals surface area contributed by atoms with Crippen LogP contribution in [0, 0.1) is 3.57 Å². The van der Waals surface area contributed by atoms with Crippen molar-refractivity contribution in [3.8, 4) is 0 Å². The van der Waals surface area contributed by atoms with Gasteiger partial charge in [0.2, 0.25) is 6.23 Å². The first-order valence-electron chi connectivity index (χ1n) is 8.90. The van der Waals surface area contributed by atoms with Gasteiger partial charge < -0.3 is 14.2 Å². The highest BCUT2D eigenvalue weighted by Gasteiger charge is 2.49. The average Bonchev–Trinajstić information content (AvgIpc) is 2.70. The first kappa shape index (κ1) is 20.3. The maximum absolute atomic E-state index is 12.1. The second kappa shape index (κ2) is 8.82. The number of aromatic nitrogens is 1. The molecule has 1 saturated heterocycles. The second-order valence-electron chi connectivity index (χ2n) is 6.40. The largest absolute Gasteiger partial charge is 0.436 e. The van der Waals surface area contributed by atoms with Crippen LogP contribution in [0.3, 0.4) is 0 Å². The van der Waals surface area contributed by atoms with E-state index in [0.29, 0.717) is 13.2 Å². The SMILES string of the molecule is O=C1/C=C/C(=O)O[C@]2(Cc3ccc(Sc4ncccc4I)cc3)OCCNC2O1. The highest BCUT2D eigenvalue weighted by molar-refractivity contribution is 14.1. The Balaban J connectivity index is 1.54. The highest BCUT2D eigenvalue weighted by Crippen LogP contribution is 2.32. The number of nitrogens with zero attached hydrogens (tertiary/aromatic N) is 1. The van der Waals surface area contributed by atoms with E-state index in [0.717, 1.165) is 31.2 Å². The van der Waals surface area contributed by atoms with Crippen molar-refractivity contribution in [2.24, 2.45) is 0 Å². The monoisotopic (exact) mass is 524 g/mol. The molecule has 2 aliphatic heterocycles. The van der Waals surface area contributed by atoms with Crippen LogP contribution >= 0.6 is 34.4 Å². The van der Waals surface area contributed by atoms with Crippen LogP contribution in [-0.4, -0.2) is 42.1 Å². The molecule has 1 aromatic carbocycles. The van der Waals surface area contributed by atoms with Gasteiger partial charge in [-0.25, -0.2) is 14.6 Å². The Kier molecular flexibility index (Phi) is 6.18. The molecule has 2 aliphatic rings. The molecule has 150 valence electrons. The standard InChI is InChI=1S/C20H17IN2O5S/c21-15-2-1-9-22-18(15)29-14-5-3-13(4-6-14)12-20-19(23-10-11-26-20)27-16(24)7-8-17(25)28-20/h1-9,19,23H,10-12H2/b8-7+/t19?,20-/m0/s1. The Morgan fingerprint density at radius 1 is 1.17 bits per heavy atom. The van der Waals surface area contributed by atoms with E-state index in [1.807, 2.05) is 36.4 Å². The molecule has 1 N–H and O–H groups in total. The normalized spacial score (nSPS) is 25.2. The molecule has 0 amide bonds. The van der Waals surface area contributed by atoms with Crippen LogP contribution < -0.4 is 5.32 Å². The van der Waals surface area contributed by atoms with Gasteiger partial charge in [0.15, 0.2) is 0 Å². The van der Waals surface area contributed by atoms with Crippen LogP contribution in [-0.2, 0) is 30.2 Å². The van der Waals surface area contributed by atoms with Crippen molar-refractivity contribution >= 4 is 46.3 Å². The van der Waals surface area contributed by atoms with Crippen molar-refractivity contribution in [2.75, 3.05) is 13.2 Å². The van der Waals surface area contributed by atoms with E-state index in [1.165, 1.54) is 0 Å². The van der Waals surface area contributed by atoms with Crippen molar-refractivity contribution in [1.29, 1.82) is 0 Å². The third-order valence-corrected chi connectivity index (χ3v) is 6.62. The fraction of sp³-hybridized carbons (Fsp3) is 0.250. The maximum atomic E-state index is 12.1. The first-order chi connectivity index (χ1) is 14.0. The van der Waals surface area contributed by atoms with Crippen LogP contribution in [0.1, 0.15) is 5.56 Å². The summed E-state index contributed by atoms with van der Waals surface area (Å²) in [5.41, 5.74) is 0.882. The third kappa shape index (κ3) is 4.80. The minimum atomic E-state index is -1.42. The van der Waals surface area contributed by atoms with E-state index in [1.54, 1.807) is 18.0 Å². The molecule has 1 aromatic heterocycles. The number of ether oxygens (including phenoxy) is 3. The molecule has 1 fully saturated rings. The van der Waals surface area contributed by atoms with E-state index in [2.05, 4.69) is 32.9 Å². The van der Waals surface area contributed by atoms with Gasteiger partial charge in [-0.05, 0) is 52.4 Å². The van der Waals surface area contributed by atoms with Crippen LogP contribution in [0.4, 0.5) is 0 Å². The lowest BCUT2D eigenvalue weighted by atomic mass is 10.0. The Morgan fingerprint density at radius 3 is 2.76 bits per heavy atom. The van der Waals surface area contributed by atoms with Gasteiger partial charge in [0, 0.05) is 39.8 Å². The number of hydrogen-bond donors (Lipinski definition) is 1. The molecule has 7 nitrogen and oxygen atoms in total. The molecule has 0 saturated carbocycles. The number of pyridine rings is 1. The predicted octanol–water partition coefficient (Wildman–Crippen LogP) is 2.68. The topological polar surface area (TPSA) is 86.8 Å². The number of fused-ring (bicyclic) bond motifs is 1. The van der Waals surface area contributed by atoms with Crippen LogP contribution in [0.2, 0.25) is 0 Å². The molecule has 0 bridgehead atoms. The van der Waals surface area contributed by atoms with Gasteiger partial charge in [-0.15, -0.1) is 0 Å². The predicted molar refractivity (Wildman–Crippen MR) is 113 cm³/mol. The molecule has 1 unspecified atom stereocenters. The van der Waals surface area contributed by atoms with Crippen molar-refractivity contribution in [3.63, 3.8) is 0 Å². The van der Waals surface area contributed by atoms with Crippen molar-refractivity contribution in [1.82, 2.24) is 10.3 Å². The Labute approximate surface area is 185 Å². The van der Waals surface area contributed by atoms with Gasteiger partial charge in [0.25, 0.3) is 5.79 Å². The van der Waals surface area contributed by atoms with E-state index >= 15 is 0 Å². The number of morpholine rings is 1. The van der Waals surface area contributed by atoms with Gasteiger partial charge in [-0.2, -0.15) is 0 Å². The molecule has 3 heterocycles. The molecule has 0 radical (unpaired) electrons. The molecule has 9 heteroatoms. The van der Waals surface area contributed by atoms with Gasteiger partial charge in [-0.1, -0.05) is 23.9 Å². The Hall–Kier alpha value is -1.95. The summed E-state index contributed by atoms with van der Waals surface area (Å²) in [7, 11) is 0. The molecule has 0 aliphatic carbocycles. The quantitative estimate of drug-likeness (QED) is 0.483. The smallest absolute Gasteiger partial charge is 0.333 e. The zero-order valence-electron chi connectivity index (χ0n) is 15.2. The number of carbonyl (C=O) groups is 2. The van der Waals surface area contributed by atoms with Gasteiger partial charge in [0.05, 0.1) is 6.61 Å². The van der Waals surface area contributed by atoms with Gasteiger partial charge >= 0.3 is 11.9 Å². The Bertz CT molecular complexity index is 952. The van der Waals surface area contributed by atoms with E-state index in [4.69, 9.17) is 14.2 Å². The second-order valence-corrected chi connectivity index (χ2v) is 8.62. The van der Waals surface area contributed by atoms with Crippen molar-refractivity contribution in [2.45, 2.75) is 28.4 Å². The minimum Gasteiger partial charge on any atom is -0.436 e. The highest BCUT2D eigenvalue weighted by atomic mass is 127. The lowest BCUT2D eigenvalue weighted by Crippen LogP contribution is -2.63. The number of benzene rings is 1. The van der Waals surface area contributed by atoms with Crippen LogP contribution in [0.5, 0.6) is 0 Å². The molecule has 4 rings (SSSR count). The van der Waals surface area contributed by atoms with E-state index in [-0.39, 0.29) is 6.42 Å². The summed E-state index contributed by atoms with van der Waals surface area (Å²) in [6.07, 6.45) is 3.22. The fourth-order valence-electron chi connectivity index (χ4n) is 3.05. The molecular weight excluding hydrogens is 507 g/mol. The van der Waals surface area contributed by atoms with Crippen LogP contribution in [0.25, 0.3) is 0 Å². The molecule has 2 aromatic rings. The van der Waals surface area contributed by atoms with E-state index in [9.17, 15) is 9.59 Å². The number of carbonyl (C=O) groups excluding carboxylic acids is 2. The first-order valence-corrected chi connectivity index (χ1v) is 10.8. The zero-order valence-corrected chi connectivity index (χ0v) is 18.1. The summed E-state index contributed by atoms with van der Waals surface area (Å²) in [6, 6.07) is 11.7. The lowest BCUT2D eigenvalue weighted by molar-refractivity contribution is -0.292. The molecule has 0 spiro atoms. The lowest BCUT2D eigenvalue weighted by Gasteiger charge is -2.42. The number of rotatable bonds is 4. The Morgan fingerprint density at radius 2 is 1.97 bits per heavy atom. The molecule has 29 heavy (non-hydrogen) atoms. The number of nitrogens with one attached hydrogen (secondary N) is 1. The molecule has 2 atom stereocenters. The average molecular weight is 524 g/mol. The van der Waals surface area contributed by atoms with E-state index < -0.39 is 24.0 Å². The summed E-state index contributed by atoms with van der Waals surface area (Å²) in [6.45, 7) is 0.816. The third-order valence-electron chi connectivity index (χ3n) is 4.35. The van der Waals surface area contributed by atoms with Crippen molar-refractivity contribution in [3.05, 3.63) is 63.9 Å². The number of esters is 2. The van der Waals surface area contributed by atoms with Crippen molar-refractivity contribution < 1.29 is 23.8 Å². The number of hydrogen-bond acceptors (Lipinski definition) is 8. The summed E-state index contributed by atoms with van der Waals surface area (Å²) in [4.78, 5) is 29.4. The van der Waals surface area contributed by atoms with Gasteiger partial charge in [-0.3, -0.25) is 5.32 Å². The summed E-state index contributed by atoms with van der Waals surface area (Å²) < 4.78 is 17.9. The maximum Gasteiger partial charge on any atom is 0.333 e. The summed E-state index contributed by atoms with van der Waals surface area (Å²) >= 11 is 3.83. The minimum absolute atomic E-state index is 0.240.